The van der Waals surface area contributed by atoms with E-state index in [1.54, 1.807) is 0 Å². The smallest absolute Gasteiger partial charge is 0.205 e. The van der Waals surface area contributed by atoms with E-state index in [4.69, 9.17) is 0 Å². The summed E-state index contributed by atoms with van der Waals surface area (Å²) in [5, 5.41) is 0. The van der Waals surface area contributed by atoms with Crippen molar-refractivity contribution in [2.45, 2.75) is 24.3 Å². The Kier molecular flexibility index (Phi) is 4.91. The third-order valence-corrected chi connectivity index (χ3v) is 6.44. The highest BCUT2D eigenvalue weighted by molar-refractivity contribution is 5.97. The van der Waals surface area contributed by atoms with E-state index in [2.05, 4.69) is 62.6 Å². The van der Waals surface area contributed by atoms with Crippen molar-refractivity contribution in [2.24, 2.45) is 0 Å². The summed E-state index contributed by atoms with van der Waals surface area (Å²) in [7, 11) is 4.40. The lowest BCUT2D eigenvalue weighted by Crippen LogP contribution is -2.65. The molecule has 0 saturated carbocycles. The van der Waals surface area contributed by atoms with Crippen molar-refractivity contribution in [2.75, 3.05) is 20.6 Å². The lowest BCUT2D eigenvalue weighted by Gasteiger charge is -2.49. The molecule has 3 aromatic carbocycles. The maximum Gasteiger partial charge on any atom is 0.205 e. The molecule has 0 radical (unpaired) electrons. The predicted octanol–water partition coefficient (Wildman–Crippen LogP) is 4.63. The van der Waals surface area contributed by atoms with Gasteiger partial charge in [0.05, 0.1) is 26.1 Å². The highest BCUT2D eigenvalue weighted by Gasteiger charge is 2.54. The van der Waals surface area contributed by atoms with Crippen LogP contribution in [0.2, 0.25) is 0 Å². The Morgan fingerprint density at radius 1 is 0.786 bits per heavy atom. The number of nitrogens with zero attached hydrogens (tertiary/aromatic N) is 1. The zero-order valence-electron chi connectivity index (χ0n) is 16.7. The van der Waals surface area contributed by atoms with Crippen molar-refractivity contribution in [1.29, 1.82) is 0 Å². The van der Waals surface area contributed by atoms with Crippen LogP contribution >= 0.6 is 0 Å². The molecule has 1 atom stereocenters. The Labute approximate surface area is 168 Å². The van der Waals surface area contributed by atoms with Crippen LogP contribution in [0.4, 0.5) is 0 Å². The quantitative estimate of drug-likeness (QED) is 0.612. The van der Waals surface area contributed by atoms with Gasteiger partial charge in [0.2, 0.25) is 5.78 Å². The van der Waals surface area contributed by atoms with Crippen LogP contribution < -0.4 is 0 Å². The van der Waals surface area contributed by atoms with Gasteiger partial charge in [-0.15, -0.1) is 0 Å². The lowest BCUT2D eigenvalue weighted by atomic mass is 9.64. The van der Waals surface area contributed by atoms with E-state index in [0.717, 1.165) is 35.0 Å². The monoisotopic (exact) mass is 370 g/mol. The number of hydrogen-bond donors (Lipinski definition) is 0. The number of carbonyl (C=O) groups excluding carboxylic acids is 1. The Morgan fingerprint density at radius 2 is 1.25 bits per heavy atom. The van der Waals surface area contributed by atoms with Gasteiger partial charge in [0, 0.05) is 12.8 Å². The molecular formula is C26H28NO+. The molecule has 1 saturated heterocycles. The second-order valence-electron chi connectivity index (χ2n) is 8.46. The number of rotatable bonds is 4. The third kappa shape index (κ3) is 3.18. The fourth-order valence-electron chi connectivity index (χ4n) is 4.70. The first-order valence-corrected chi connectivity index (χ1v) is 10.1. The van der Waals surface area contributed by atoms with Gasteiger partial charge in [0.25, 0.3) is 0 Å². The molecule has 1 aliphatic rings. The number of quaternary nitrogens is 1. The van der Waals surface area contributed by atoms with Gasteiger partial charge in [-0.05, 0) is 16.7 Å². The average molecular weight is 371 g/mol. The first-order valence-electron chi connectivity index (χ1n) is 10.1. The van der Waals surface area contributed by atoms with Crippen LogP contribution in [0.1, 0.15) is 23.1 Å². The maximum absolute atomic E-state index is 14.3. The molecule has 0 unspecified atom stereocenters. The second kappa shape index (κ2) is 7.37. The van der Waals surface area contributed by atoms with E-state index >= 15 is 0 Å². The van der Waals surface area contributed by atoms with Crippen molar-refractivity contribution < 1.29 is 9.28 Å². The molecule has 4 rings (SSSR count). The van der Waals surface area contributed by atoms with Gasteiger partial charge >= 0.3 is 0 Å². The molecule has 1 aliphatic heterocycles. The number of ketones is 1. The first-order chi connectivity index (χ1) is 13.5. The second-order valence-corrected chi connectivity index (χ2v) is 8.46. The summed E-state index contributed by atoms with van der Waals surface area (Å²) in [6.07, 6.45) is 1.60. The van der Waals surface area contributed by atoms with Crippen LogP contribution in [0.3, 0.4) is 0 Å². The molecule has 0 aromatic heterocycles. The summed E-state index contributed by atoms with van der Waals surface area (Å²) < 4.78 is 0.731. The average Bonchev–Trinajstić information content (AvgIpc) is 2.74. The maximum atomic E-state index is 14.3. The molecule has 1 heterocycles. The number of piperidine rings is 1. The van der Waals surface area contributed by atoms with E-state index in [-0.39, 0.29) is 6.04 Å². The largest absolute Gasteiger partial charge is 0.319 e. The minimum atomic E-state index is -0.574. The van der Waals surface area contributed by atoms with Gasteiger partial charge < -0.3 is 4.48 Å². The van der Waals surface area contributed by atoms with Crippen molar-refractivity contribution in [3.8, 4) is 0 Å². The third-order valence-electron chi connectivity index (χ3n) is 6.44. The van der Waals surface area contributed by atoms with E-state index in [1.165, 1.54) is 5.56 Å². The number of hydrogen-bond acceptors (Lipinski definition) is 1. The highest BCUT2D eigenvalue weighted by Crippen LogP contribution is 2.43. The molecule has 0 N–H and O–H groups in total. The zero-order chi connectivity index (χ0) is 19.6. The normalized spacial score (nSPS) is 20.6. The molecule has 2 nitrogen and oxygen atoms in total. The van der Waals surface area contributed by atoms with Crippen molar-refractivity contribution >= 4 is 5.78 Å². The van der Waals surface area contributed by atoms with Gasteiger partial charge in [0.1, 0.15) is 0 Å². The van der Waals surface area contributed by atoms with E-state index in [0.29, 0.717) is 5.78 Å². The Balaban J connectivity index is 1.84. The predicted molar refractivity (Wildman–Crippen MR) is 114 cm³/mol. The fourth-order valence-corrected chi connectivity index (χ4v) is 4.70. The Hall–Kier alpha value is -2.71. The first kappa shape index (κ1) is 18.6. The van der Waals surface area contributed by atoms with Gasteiger partial charge in [-0.2, -0.15) is 0 Å². The van der Waals surface area contributed by atoms with Crippen LogP contribution in [0, 0.1) is 0 Å². The van der Waals surface area contributed by atoms with Crippen LogP contribution in [0.5, 0.6) is 0 Å². The lowest BCUT2D eigenvalue weighted by molar-refractivity contribution is -0.909. The van der Waals surface area contributed by atoms with Gasteiger partial charge in [0.15, 0.2) is 6.04 Å². The van der Waals surface area contributed by atoms with Crippen LogP contribution in [0.25, 0.3) is 0 Å². The molecular weight excluding hydrogens is 342 g/mol. The molecule has 28 heavy (non-hydrogen) atoms. The summed E-state index contributed by atoms with van der Waals surface area (Å²) in [6.45, 7) is 0.965. The fraction of sp³-hybridized carbons (Fsp3) is 0.269. The summed E-state index contributed by atoms with van der Waals surface area (Å²) in [5.74, 6) is 0.338. The molecule has 2 heteroatoms. The summed E-state index contributed by atoms with van der Waals surface area (Å²) >= 11 is 0. The molecule has 0 aliphatic carbocycles. The van der Waals surface area contributed by atoms with Crippen molar-refractivity contribution in [3.05, 3.63) is 108 Å². The number of Topliss-reactive ketones (excluding diaryl/α,β-unsaturated/α-hetero) is 1. The highest BCUT2D eigenvalue weighted by atomic mass is 16.1. The van der Waals surface area contributed by atoms with Crippen LogP contribution in [-0.2, 0) is 16.6 Å². The summed E-state index contributed by atoms with van der Waals surface area (Å²) in [6, 6.07) is 31.1. The van der Waals surface area contributed by atoms with Crippen molar-refractivity contribution in [1.82, 2.24) is 0 Å². The van der Waals surface area contributed by atoms with Crippen LogP contribution in [-0.4, -0.2) is 36.9 Å². The van der Waals surface area contributed by atoms with Gasteiger partial charge in [-0.25, -0.2) is 0 Å². The standard InChI is InChI=1S/C26H28NO/c1-27(2)19-18-26(22-14-8-4-9-15-22,23-16-10-5-11-17-23)25(28)24(27)20-21-12-6-3-7-13-21/h3-17,24H,18-20H2,1-2H3/q+1/t24-/m0/s1. The number of carbonyl (C=O) groups is 1. The number of benzene rings is 3. The number of likely N-dealkylation sites (tertiary alicyclic amines) is 1. The van der Waals surface area contributed by atoms with Crippen molar-refractivity contribution in [3.63, 3.8) is 0 Å². The zero-order valence-corrected chi connectivity index (χ0v) is 16.7. The molecule has 0 spiro atoms. The minimum Gasteiger partial charge on any atom is -0.319 e. The van der Waals surface area contributed by atoms with E-state index in [9.17, 15) is 4.79 Å². The van der Waals surface area contributed by atoms with E-state index in [1.807, 2.05) is 42.5 Å². The minimum absolute atomic E-state index is 0.0726. The summed E-state index contributed by atoms with van der Waals surface area (Å²) in [4.78, 5) is 14.3. The molecule has 1 fully saturated rings. The molecule has 3 aromatic rings. The topological polar surface area (TPSA) is 17.1 Å². The van der Waals surface area contributed by atoms with Gasteiger partial charge in [-0.3, -0.25) is 4.79 Å². The SMILES string of the molecule is C[N+]1(C)CCC(c2ccccc2)(c2ccccc2)C(=O)[C@@H]1Cc1ccccc1. The molecule has 0 bridgehead atoms. The number of likely N-dealkylation sites (N-methyl/N-ethyl adjacent to an activating group) is 1. The van der Waals surface area contributed by atoms with Crippen LogP contribution in [0.15, 0.2) is 91.0 Å². The van der Waals surface area contributed by atoms with Gasteiger partial charge in [-0.1, -0.05) is 91.0 Å². The molecule has 0 amide bonds. The van der Waals surface area contributed by atoms with E-state index < -0.39 is 5.41 Å². The molecule has 142 valence electrons. The summed E-state index contributed by atoms with van der Waals surface area (Å²) in [5.41, 5.74) is 2.88. The Morgan fingerprint density at radius 3 is 1.75 bits per heavy atom. The Bertz CT molecular complexity index is 892.